The minimum atomic E-state index is -0.588. The van der Waals surface area contributed by atoms with Crippen LogP contribution in [0.4, 0.5) is 5.13 Å². The first-order valence-electron chi connectivity index (χ1n) is 8.47. The molecule has 0 aliphatic heterocycles. The summed E-state index contributed by atoms with van der Waals surface area (Å²) >= 11 is 1.45. The second kappa shape index (κ2) is 7.34. The Bertz CT molecular complexity index is 680. The minimum absolute atomic E-state index is 0.0117. The summed E-state index contributed by atoms with van der Waals surface area (Å²) in [4.78, 5) is 17.3. The lowest BCUT2D eigenvalue weighted by atomic mass is 9.74. The molecule has 1 heterocycles. The average Bonchev–Trinajstić information content (AvgIpc) is 3.28. The number of amides is 1. The van der Waals surface area contributed by atoms with Gasteiger partial charge >= 0.3 is 0 Å². The topological polar surface area (TPSA) is 51.2 Å². The monoisotopic (exact) mass is 344 g/mol. The summed E-state index contributed by atoms with van der Waals surface area (Å²) in [6.45, 7) is 2.04. The first kappa shape index (κ1) is 17.0. The van der Waals surface area contributed by atoms with E-state index in [2.05, 4.69) is 10.3 Å². The van der Waals surface area contributed by atoms with E-state index in [1.54, 1.807) is 13.3 Å². The third-order valence-corrected chi connectivity index (χ3v) is 5.72. The molecule has 1 fully saturated rings. The van der Waals surface area contributed by atoms with E-state index in [9.17, 15) is 4.79 Å². The van der Waals surface area contributed by atoms with Gasteiger partial charge < -0.3 is 10.1 Å². The van der Waals surface area contributed by atoms with Gasteiger partial charge in [0.1, 0.15) is 5.75 Å². The van der Waals surface area contributed by atoms with Crippen molar-refractivity contribution in [3.8, 4) is 5.75 Å². The molecule has 0 bridgehead atoms. The number of nitrogens with one attached hydrogen (secondary N) is 1. The van der Waals surface area contributed by atoms with Crippen LogP contribution in [-0.4, -0.2) is 18.0 Å². The van der Waals surface area contributed by atoms with Gasteiger partial charge in [0.2, 0.25) is 5.91 Å². The van der Waals surface area contributed by atoms with E-state index in [4.69, 9.17) is 4.74 Å². The zero-order chi connectivity index (χ0) is 17.0. The summed E-state index contributed by atoms with van der Waals surface area (Å²) in [5.74, 6) is 1.40. The van der Waals surface area contributed by atoms with Crippen molar-refractivity contribution < 1.29 is 9.53 Å². The highest BCUT2D eigenvalue weighted by atomic mass is 32.1. The minimum Gasteiger partial charge on any atom is -0.497 e. The molecule has 1 N–H and O–H groups in total. The smallest absolute Gasteiger partial charge is 0.236 e. The van der Waals surface area contributed by atoms with Gasteiger partial charge in [-0.2, -0.15) is 0 Å². The predicted molar refractivity (Wildman–Crippen MR) is 97.7 cm³/mol. The van der Waals surface area contributed by atoms with Crippen LogP contribution in [0.3, 0.4) is 0 Å². The highest BCUT2D eigenvalue weighted by Crippen LogP contribution is 2.39. The number of benzene rings is 1. The van der Waals surface area contributed by atoms with E-state index in [1.807, 2.05) is 36.6 Å². The summed E-state index contributed by atoms with van der Waals surface area (Å²) < 4.78 is 5.36. The Balaban J connectivity index is 1.90. The fraction of sp³-hybridized carbons (Fsp3) is 0.474. The molecule has 2 aromatic rings. The Morgan fingerprint density at radius 2 is 2.21 bits per heavy atom. The normalized spacial score (nSPS) is 17.4. The number of aromatic nitrogens is 1. The van der Waals surface area contributed by atoms with Crippen molar-refractivity contribution in [3.05, 3.63) is 41.4 Å². The molecule has 1 amide bonds. The van der Waals surface area contributed by atoms with Crippen LogP contribution < -0.4 is 10.1 Å². The van der Waals surface area contributed by atoms with Gasteiger partial charge in [0.05, 0.1) is 12.5 Å². The van der Waals surface area contributed by atoms with Gasteiger partial charge in [-0.15, -0.1) is 11.3 Å². The lowest BCUT2D eigenvalue weighted by molar-refractivity contribution is -0.121. The van der Waals surface area contributed by atoms with Gasteiger partial charge in [-0.1, -0.05) is 37.8 Å². The van der Waals surface area contributed by atoms with Crippen molar-refractivity contribution in [3.63, 3.8) is 0 Å². The number of carbonyl (C=O) groups excluding carboxylic acids is 1. The third kappa shape index (κ3) is 3.61. The van der Waals surface area contributed by atoms with Crippen molar-refractivity contribution >= 4 is 22.4 Å². The molecule has 128 valence electrons. The molecule has 1 aliphatic rings. The van der Waals surface area contributed by atoms with E-state index in [1.165, 1.54) is 37.0 Å². The first-order valence-corrected chi connectivity index (χ1v) is 9.35. The highest BCUT2D eigenvalue weighted by Gasteiger charge is 2.38. The summed E-state index contributed by atoms with van der Waals surface area (Å²) in [6, 6.07) is 7.88. The Morgan fingerprint density at radius 3 is 2.88 bits per heavy atom. The molecule has 3 rings (SSSR count). The Labute approximate surface area is 147 Å². The fourth-order valence-corrected chi connectivity index (χ4v) is 4.14. The largest absolute Gasteiger partial charge is 0.497 e. The summed E-state index contributed by atoms with van der Waals surface area (Å²) in [7, 11) is 1.66. The van der Waals surface area contributed by atoms with E-state index in [-0.39, 0.29) is 5.91 Å². The van der Waals surface area contributed by atoms with E-state index in [0.717, 1.165) is 17.7 Å². The average molecular weight is 344 g/mol. The highest BCUT2D eigenvalue weighted by molar-refractivity contribution is 7.13. The maximum Gasteiger partial charge on any atom is 0.236 e. The molecule has 0 radical (unpaired) electrons. The first-order chi connectivity index (χ1) is 11.6. The fourth-order valence-electron chi connectivity index (χ4n) is 3.62. The van der Waals surface area contributed by atoms with Crippen LogP contribution >= 0.6 is 11.3 Å². The number of nitrogens with zero attached hydrogens (tertiary/aromatic N) is 1. The van der Waals surface area contributed by atoms with Gasteiger partial charge in [-0.25, -0.2) is 4.98 Å². The van der Waals surface area contributed by atoms with Gasteiger partial charge in [0.15, 0.2) is 5.13 Å². The molecule has 0 saturated heterocycles. The molecular formula is C19H24N2O2S. The predicted octanol–water partition coefficient (Wildman–Crippen LogP) is 4.63. The molecule has 5 heteroatoms. The summed E-state index contributed by atoms with van der Waals surface area (Å²) in [5.41, 5.74) is 0.415. The standard InChI is InChI=1S/C19H24N2O2S/c1-19(13-14-6-3-4-7-14,15-8-5-9-16(12-15)23-2)17(22)21-18-20-10-11-24-18/h5,8-12,14H,3-4,6-7,13H2,1-2H3,(H,20,21,22). The Kier molecular flexibility index (Phi) is 5.19. The zero-order valence-electron chi connectivity index (χ0n) is 14.2. The molecular weight excluding hydrogens is 320 g/mol. The molecule has 1 aliphatic carbocycles. The van der Waals surface area contributed by atoms with Gasteiger partial charge in [0.25, 0.3) is 0 Å². The van der Waals surface area contributed by atoms with Crippen LogP contribution in [0.1, 0.15) is 44.6 Å². The van der Waals surface area contributed by atoms with Crippen LogP contribution in [-0.2, 0) is 10.2 Å². The molecule has 0 spiro atoms. The van der Waals surface area contributed by atoms with Gasteiger partial charge in [0, 0.05) is 11.6 Å². The lowest BCUT2D eigenvalue weighted by Gasteiger charge is -2.31. The number of hydrogen-bond acceptors (Lipinski definition) is 4. The van der Waals surface area contributed by atoms with Crippen LogP contribution in [0.15, 0.2) is 35.8 Å². The number of hydrogen-bond donors (Lipinski definition) is 1. The SMILES string of the molecule is COc1cccc(C(C)(CC2CCCC2)C(=O)Nc2nccs2)c1. The van der Waals surface area contributed by atoms with Crippen molar-refractivity contribution in [2.75, 3.05) is 12.4 Å². The van der Waals surface area contributed by atoms with Gasteiger partial charge in [-0.3, -0.25) is 4.79 Å². The zero-order valence-corrected chi connectivity index (χ0v) is 15.1. The van der Waals surface area contributed by atoms with Crippen LogP contribution in [0, 0.1) is 5.92 Å². The van der Waals surface area contributed by atoms with Gasteiger partial charge in [-0.05, 0) is 37.0 Å². The number of thiazole rings is 1. The van der Waals surface area contributed by atoms with Crippen LogP contribution in [0.2, 0.25) is 0 Å². The second-order valence-electron chi connectivity index (χ2n) is 6.71. The van der Waals surface area contributed by atoms with Crippen LogP contribution in [0.25, 0.3) is 0 Å². The second-order valence-corrected chi connectivity index (χ2v) is 7.60. The summed E-state index contributed by atoms with van der Waals surface area (Å²) in [6.07, 6.45) is 7.53. The Hall–Kier alpha value is -1.88. The van der Waals surface area contributed by atoms with Crippen molar-refractivity contribution in [1.29, 1.82) is 0 Å². The number of anilines is 1. The van der Waals surface area contributed by atoms with Crippen molar-refractivity contribution in [2.45, 2.75) is 44.4 Å². The molecule has 1 aromatic heterocycles. The van der Waals surface area contributed by atoms with Crippen molar-refractivity contribution in [2.24, 2.45) is 5.92 Å². The summed E-state index contributed by atoms with van der Waals surface area (Å²) in [5, 5.41) is 5.52. The molecule has 1 aromatic carbocycles. The lowest BCUT2D eigenvalue weighted by Crippen LogP contribution is -2.39. The van der Waals surface area contributed by atoms with E-state index < -0.39 is 5.41 Å². The Morgan fingerprint density at radius 1 is 1.42 bits per heavy atom. The number of ether oxygens (including phenoxy) is 1. The van der Waals surface area contributed by atoms with Crippen molar-refractivity contribution in [1.82, 2.24) is 4.98 Å². The molecule has 1 unspecified atom stereocenters. The van der Waals surface area contributed by atoms with Crippen LogP contribution in [0.5, 0.6) is 5.75 Å². The number of methoxy groups -OCH3 is 1. The third-order valence-electron chi connectivity index (χ3n) is 5.03. The van der Waals surface area contributed by atoms with E-state index >= 15 is 0 Å². The quantitative estimate of drug-likeness (QED) is 0.831. The molecule has 4 nitrogen and oxygen atoms in total. The van der Waals surface area contributed by atoms with E-state index in [0.29, 0.717) is 11.0 Å². The molecule has 1 atom stereocenters. The maximum absolute atomic E-state index is 13.1. The number of rotatable bonds is 6. The molecule has 24 heavy (non-hydrogen) atoms. The maximum atomic E-state index is 13.1. The number of carbonyl (C=O) groups is 1. The molecule has 1 saturated carbocycles.